The molecule has 0 spiro atoms. The fraction of sp³-hybridized carbons (Fsp3) is 0. The molecule has 3 N–H and O–H groups in total. The van der Waals surface area contributed by atoms with Gasteiger partial charge in [-0.05, 0) is 24.3 Å². The van der Waals surface area contributed by atoms with Crippen molar-refractivity contribution in [3.8, 4) is 0 Å². The first kappa shape index (κ1) is 9.45. The summed E-state index contributed by atoms with van der Waals surface area (Å²) in [5, 5.41) is 0.729. The van der Waals surface area contributed by atoms with E-state index in [4.69, 9.17) is 5.73 Å². The Bertz CT molecular complexity index is 543. The van der Waals surface area contributed by atoms with Crippen LogP contribution in [-0.4, -0.2) is 10.9 Å². The molecule has 0 fully saturated rings. The van der Waals surface area contributed by atoms with E-state index in [1.807, 2.05) is 0 Å². The van der Waals surface area contributed by atoms with Crippen molar-refractivity contribution in [1.82, 2.24) is 4.98 Å². The van der Waals surface area contributed by atoms with Gasteiger partial charge in [0.2, 0.25) is 5.91 Å². The standard InChI is InChI=1S/C11H9FN2O/c12-8-2-3-10-9(5-8)7(6-14-10)1-4-11(13)15/h1-6,14H,(H2,13,15)/b4-1-. The fourth-order valence-electron chi connectivity index (χ4n) is 1.42. The zero-order valence-electron chi connectivity index (χ0n) is 7.83. The van der Waals surface area contributed by atoms with Gasteiger partial charge in [0.1, 0.15) is 5.82 Å². The monoisotopic (exact) mass is 204 g/mol. The van der Waals surface area contributed by atoms with Crippen molar-refractivity contribution in [3.05, 3.63) is 41.9 Å². The quantitative estimate of drug-likeness (QED) is 0.720. The highest BCUT2D eigenvalue weighted by molar-refractivity contribution is 5.95. The molecule has 2 rings (SSSR count). The van der Waals surface area contributed by atoms with Crippen LogP contribution in [0.2, 0.25) is 0 Å². The van der Waals surface area contributed by atoms with Crippen LogP contribution in [0.4, 0.5) is 4.39 Å². The molecular weight excluding hydrogens is 195 g/mol. The summed E-state index contributed by atoms with van der Waals surface area (Å²) in [5.41, 5.74) is 6.53. The number of nitrogens with two attached hydrogens (primary N) is 1. The molecule has 4 heteroatoms. The zero-order valence-corrected chi connectivity index (χ0v) is 7.83. The van der Waals surface area contributed by atoms with Crippen molar-refractivity contribution in [3.63, 3.8) is 0 Å². The summed E-state index contributed by atoms with van der Waals surface area (Å²) in [7, 11) is 0. The molecule has 0 aliphatic rings. The summed E-state index contributed by atoms with van der Waals surface area (Å²) >= 11 is 0. The number of hydrogen-bond donors (Lipinski definition) is 2. The number of rotatable bonds is 2. The minimum absolute atomic E-state index is 0.309. The SMILES string of the molecule is NC(=O)/C=C\c1c[nH]c2ccc(F)cc12. The second kappa shape index (κ2) is 3.57. The molecule has 1 amide bonds. The summed E-state index contributed by atoms with van der Waals surface area (Å²) < 4.78 is 13.0. The molecule has 1 aromatic heterocycles. The highest BCUT2D eigenvalue weighted by atomic mass is 19.1. The molecule has 76 valence electrons. The Hall–Kier alpha value is -2.10. The predicted molar refractivity (Wildman–Crippen MR) is 56.5 cm³/mol. The number of amides is 1. The topological polar surface area (TPSA) is 58.9 Å². The van der Waals surface area contributed by atoms with Crippen LogP contribution in [0.3, 0.4) is 0 Å². The van der Waals surface area contributed by atoms with Crippen molar-refractivity contribution in [2.75, 3.05) is 0 Å². The molecule has 0 saturated carbocycles. The Balaban J connectivity index is 2.52. The zero-order chi connectivity index (χ0) is 10.8. The maximum absolute atomic E-state index is 13.0. The predicted octanol–water partition coefficient (Wildman–Crippen LogP) is 1.81. The van der Waals surface area contributed by atoms with Gasteiger partial charge >= 0.3 is 0 Å². The Morgan fingerprint density at radius 3 is 3.00 bits per heavy atom. The third-order valence-corrected chi connectivity index (χ3v) is 2.10. The molecule has 1 heterocycles. The van der Waals surface area contributed by atoms with Crippen LogP contribution in [-0.2, 0) is 4.79 Å². The Morgan fingerprint density at radius 1 is 1.47 bits per heavy atom. The van der Waals surface area contributed by atoms with Crippen LogP contribution in [0, 0.1) is 5.82 Å². The number of fused-ring (bicyclic) bond motifs is 1. The normalized spacial score (nSPS) is 11.3. The second-order valence-electron chi connectivity index (χ2n) is 3.17. The lowest BCUT2D eigenvalue weighted by Crippen LogP contribution is -2.04. The van der Waals surface area contributed by atoms with Crippen LogP contribution >= 0.6 is 0 Å². The van der Waals surface area contributed by atoms with E-state index >= 15 is 0 Å². The Labute approximate surface area is 85.4 Å². The van der Waals surface area contributed by atoms with E-state index in [-0.39, 0.29) is 5.82 Å². The first-order valence-electron chi connectivity index (χ1n) is 4.41. The molecule has 0 atom stereocenters. The van der Waals surface area contributed by atoms with Crippen LogP contribution < -0.4 is 5.73 Å². The van der Waals surface area contributed by atoms with Crippen molar-refractivity contribution >= 4 is 22.9 Å². The van der Waals surface area contributed by atoms with Gasteiger partial charge in [-0.1, -0.05) is 0 Å². The van der Waals surface area contributed by atoms with E-state index in [1.165, 1.54) is 18.2 Å². The molecule has 2 aromatic rings. The third-order valence-electron chi connectivity index (χ3n) is 2.10. The summed E-state index contributed by atoms with van der Waals surface area (Å²) in [5.74, 6) is -0.837. The molecule has 1 aromatic carbocycles. The van der Waals surface area contributed by atoms with Crippen LogP contribution in [0.25, 0.3) is 17.0 Å². The van der Waals surface area contributed by atoms with Crippen LogP contribution in [0.15, 0.2) is 30.5 Å². The van der Waals surface area contributed by atoms with Crippen LogP contribution in [0.1, 0.15) is 5.56 Å². The average Bonchev–Trinajstić information content (AvgIpc) is 2.57. The van der Waals surface area contributed by atoms with E-state index < -0.39 is 5.91 Å². The molecular formula is C11H9FN2O. The highest BCUT2D eigenvalue weighted by Crippen LogP contribution is 2.20. The number of H-pyrrole nitrogens is 1. The van der Waals surface area contributed by atoms with Crippen molar-refractivity contribution in [2.24, 2.45) is 5.73 Å². The second-order valence-corrected chi connectivity index (χ2v) is 3.17. The van der Waals surface area contributed by atoms with Crippen molar-refractivity contribution in [2.45, 2.75) is 0 Å². The molecule has 0 radical (unpaired) electrons. The largest absolute Gasteiger partial charge is 0.366 e. The number of hydrogen-bond acceptors (Lipinski definition) is 1. The van der Waals surface area contributed by atoms with Crippen molar-refractivity contribution < 1.29 is 9.18 Å². The summed E-state index contributed by atoms with van der Waals surface area (Å²) in [6, 6.07) is 4.43. The van der Waals surface area contributed by atoms with E-state index in [1.54, 1.807) is 18.3 Å². The number of benzene rings is 1. The fourth-order valence-corrected chi connectivity index (χ4v) is 1.42. The van der Waals surface area contributed by atoms with Gasteiger partial charge in [-0.2, -0.15) is 0 Å². The number of primary amides is 1. The molecule has 0 aliphatic heterocycles. The lowest BCUT2D eigenvalue weighted by atomic mass is 10.1. The van der Waals surface area contributed by atoms with Gasteiger partial charge in [0, 0.05) is 28.7 Å². The van der Waals surface area contributed by atoms with Gasteiger partial charge in [0.25, 0.3) is 0 Å². The lowest BCUT2D eigenvalue weighted by molar-refractivity contribution is -0.113. The highest BCUT2D eigenvalue weighted by Gasteiger charge is 2.01. The Morgan fingerprint density at radius 2 is 2.27 bits per heavy atom. The maximum atomic E-state index is 13.0. The molecule has 3 nitrogen and oxygen atoms in total. The first-order chi connectivity index (χ1) is 7.16. The molecule has 0 bridgehead atoms. The minimum Gasteiger partial charge on any atom is -0.366 e. The number of carbonyl (C=O) groups excluding carboxylic acids is 1. The van der Waals surface area contributed by atoms with Gasteiger partial charge in [-0.3, -0.25) is 4.79 Å². The van der Waals surface area contributed by atoms with Gasteiger partial charge in [0.05, 0.1) is 0 Å². The number of carbonyl (C=O) groups is 1. The molecule has 0 aliphatic carbocycles. The third kappa shape index (κ3) is 1.88. The smallest absolute Gasteiger partial charge is 0.241 e. The summed E-state index contributed by atoms with van der Waals surface area (Å²) in [6.45, 7) is 0. The van der Waals surface area contributed by atoms with Gasteiger partial charge in [0.15, 0.2) is 0 Å². The molecule has 0 saturated heterocycles. The molecule has 15 heavy (non-hydrogen) atoms. The number of nitrogens with one attached hydrogen (secondary N) is 1. The van der Waals surface area contributed by atoms with E-state index in [2.05, 4.69) is 4.98 Å². The minimum atomic E-state index is -0.527. The van der Waals surface area contributed by atoms with E-state index in [9.17, 15) is 9.18 Å². The number of halogens is 1. The lowest BCUT2D eigenvalue weighted by Gasteiger charge is -1.92. The van der Waals surface area contributed by atoms with E-state index in [0.717, 1.165) is 16.5 Å². The average molecular weight is 204 g/mol. The number of aromatic nitrogens is 1. The van der Waals surface area contributed by atoms with Gasteiger partial charge in [-0.25, -0.2) is 4.39 Å². The van der Waals surface area contributed by atoms with E-state index in [0.29, 0.717) is 0 Å². The van der Waals surface area contributed by atoms with Crippen LogP contribution in [0.5, 0.6) is 0 Å². The summed E-state index contributed by atoms with van der Waals surface area (Å²) in [4.78, 5) is 13.5. The Kier molecular flexibility index (Phi) is 2.25. The first-order valence-corrected chi connectivity index (χ1v) is 4.41. The number of aromatic amines is 1. The molecule has 0 unspecified atom stereocenters. The van der Waals surface area contributed by atoms with Crippen molar-refractivity contribution in [1.29, 1.82) is 0 Å². The van der Waals surface area contributed by atoms with Gasteiger partial charge < -0.3 is 10.7 Å². The maximum Gasteiger partial charge on any atom is 0.241 e. The van der Waals surface area contributed by atoms with Gasteiger partial charge in [-0.15, -0.1) is 0 Å². The summed E-state index contributed by atoms with van der Waals surface area (Å²) in [6.07, 6.45) is 4.50.